The standard InChI is InChI=1S/C15H13F2N3O2/c16-15(17)6-10(7-15)13(21)20-14-18-8-12(9-19-14)22-11-4-2-1-3-5-11/h1-5,8-10H,6-7H2,(H,18,19,20,21). The second-order valence-corrected chi connectivity index (χ2v) is 5.11. The fraction of sp³-hybridized carbons (Fsp3) is 0.267. The number of anilines is 1. The summed E-state index contributed by atoms with van der Waals surface area (Å²) in [6.07, 6.45) is 1.97. The minimum atomic E-state index is -2.73. The normalized spacial score (nSPS) is 16.6. The van der Waals surface area contributed by atoms with Crippen molar-refractivity contribution in [1.29, 1.82) is 0 Å². The first-order valence-electron chi connectivity index (χ1n) is 6.75. The van der Waals surface area contributed by atoms with Gasteiger partial charge in [0.1, 0.15) is 5.75 Å². The fourth-order valence-corrected chi connectivity index (χ4v) is 2.12. The Morgan fingerprint density at radius 1 is 1.14 bits per heavy atom. The average Bonchev–Trinajstić information content (AvgIpc) is 2.48. The summed E-state index contributed by atoms with van der Waals surface area (Å²) >= 11 is 0. The molecule has 2 aromatic rings. The second-order valence-electron chi connectivity index (χ2n) is 5.11. The number of rotatable bonds is 4. The number of hydrogen-bond acceptors (Lipinski definition) is 4. The van der Waals surface area contributed by atoms with Gasteiger partial charge >= 0.3 is 0 Å². The number of carbonyl (C=O) groups is 1. The van der Waals surface area contributed by atoms with E-state index in [1.54, 1.807) is 12.1 Å². The van der Waals surface area contributed by atoms with Gasteiger partial charge in [-0.15, -0.1) is 0 Å². The van der Waals surface area contributed by atoms with Crippen LogP contribution in [0.5, 0.6) is 11.5 Å². The molecule has 7 heteroatoms. The first-order valence-corrected chi connectivity index (χ1v) is 6.75. The van der Waals surface area contributed by atoms with Gasteiger partial charge in [-0.2, -0.15) is 0 Å². The van der Waals surface area contributed by atoms with Crippen molar-refractivity contribution in [3.8, 4) is 11.5 Å². The fourth-order valence-electron chi connectivity index (χ4n) is 2.12. The van der Waals surface area contributed by atoms with Crippen LogP contribution < -0.4 is 10.1 Å². The van der Waals surface area contributed by atoms with Gasteiger partial charge in [-0.25, -0.2) is 18.7 Å². The van der Waals surface area contributed by atoms with Crippen molar-refractivity contribution in [2.45, 2.75) is 18.8 Å². The van der Waals surface area contributed by atoms with Gasteiger partial charge in [-0.05, 0) is 12.1 Å². The van der Waals surface area contributed by atoms with E-state index in [9.17, 15) is 13.6 Å². The topological polar surface area (TPSA) is 64.1 Å². The summed E-state index contributed by atoms with van der Waals surface area (Å²) in [5.74, 6) is -2.77. The first kappa shape index (κ1) is 14.4. The lowest BCUT2D eigenvalue weighted by Crippen LogP contribution is -2.42. The summed E-state index contributed by atoms with van der Waals surface area (Å²) in [5, 5.41) is 2.42. The number of ether oxygens (including phenoxy) is 1. The van der Waals surface area contributed by atoms with E-state index >= 15 is 0 Å². The molecule has 1 aliphatic carbocycles. The molecule has 1 aromatic carbocycles. The van der Waals surface area contributed by atoms with E-state index in [2.05, 4.69) is 15.3 Å². The van der Waals surface area contributed by atoms with Gasteiger partial charge in [-0.3, -0.25) is 10.1 Å². The van der Waals surface area contributed by atoms with Gasteiger partial charge in [0, 0.05) is 18.8 Å². The predicted octanol–water partition coefficient (Wildman–Crippen LogP) is 3.25. The molecule has 0 spiro atoms. The summed E-state index contributed by atoms with van der Waals surface area (Å²) in [5.41, 5.74) is 0. The third-order valence-electron chi connectivity index (χ3n) is 3.30. The van der Waals surface area contributed by atoms with E-state index in [0.29, 0.717) is 11.5 Å². The summed E-state index contributed by atoms with van der Waals surface area (Å²) in [6.45, 7) is 0. The zero-order chi connectivity index (χ0) is 15.6. The minimum Gasteiger partial charge on any atom is -0.454 e. The number of amides is 1. The van der Waals surface area contributed by atoms with Crippen LogP contribution in [0, 0.1) is 5.92 Å². The lowest BCUT2D eigenvalue weighted by Gasteiger charge is -2.33. The maximum Gasteiger partial charge on any atom is 0.249 e. The third-order valence-corrected chi connectivity index (χ3v) is 3.30. The predicted molar refractivity (Wildman–Crippen MR) is 74.8 cm³/mol. The number of alkyl halides is 2. The molecule has 0 saturated heterocycles. The summed E-state index contributed by atoms with van der Waals surface area (Å²) in [4.78, 5) is 19.6. The summed E-state index contributed by atoms with van der Waals surface area (Å²) in [7, 11) is 0. The largest absolute Gasteiger partial charge is 0.454 e. The molecule has 0 unspecified atom stereocenters. The van der Waals surface area contributed by atoms with Crippen molar-refractivity contribution in [1.82, 2.24) is 9.97 Å². The Hall–Kier alpha value is -2.57. The Morgan fingerprint density at radius 3 is 2.36 bits per heavy atom. The molecule has 0 bridgehead atoms. The number of hydrogen-bond donors (Lipinski definition) is 1. The van der Waals surface area contributed by atoms with Gasteiger partial charge in [0.25, 0.3) is 0 Å². The van der Waals surface area contributed by atoms with Crippen LogP contribution in [0.2, 0.25) is 0 Å². The highest BCUT2D eigenvalue weighted by Crippen LogP contribution is 2.42. The molecule has 1 aliphatic rings. The number of nitrogens with zero attached hydrogens (tertiary/aromatic N) is 2. The van der Waals surface area contributed by atoms with Gasteiger partial charge in [0.15, 0.2) is 5.75 Å². The van der Waals surface area contributed by atoms with E-state index in [4.69, 9.17) is 4.74 Å². The maximum absolute atomic E-state index is 12.7. The Balaban J connectivity index is 1.57. The van der Waals surface area contributed by atoms with E-state index in [-0.39, 0.29) is 5.95 Å². The smallest absolute Gasteiger partial charge is 0.249 e. The van der Waals surface area contributed by atoms with Crippen LogP contribution in [0.4, 0.5) is 14.7 Å². The highest BCUT2D eigenvalue weighted by Gasteiger charge is 2.48. The van der Waals surface area contributed by atoms with Gasteiger partial charge < -0.3 is 4.74 Å². The zero-order valence-corrected chi connectivity index (χ0v) is 11.5. The van der Waals surface area contributed by atoms with Crippen molar-refractivity contribution < 1.29 is 18.3 Å². The molecule has 114 valence electrons. The number of benzene rings is 1. The highest BCUT2D eigenvalue weighted by atomic mass is 19.3. The molecular formula is C15H13F2N3O2. The Labute approximate surface area is 125 Å². The Bertz CT molecular complexity index is 654. The molecule has 0 aliphatic heterocycles. The maximum atomic E-state index is 12.7. The van der Waals surface area contributed by atoms with Crippen LogP contribution in [0.1, 0.15) is 12.8 Å². The van der Waals surface area contributed by atoms with Crippen molar-refractivity contribution in [2.75, 3.05) is 5.32 Å². The van der Waals surface area contributed by atoms with Crippen LogP contribution in [-0.2, 0) is 4.79 Å². The molecule has 1 N–H and O–H groups in total. The van der Waals surface area contributed by atoms with E-state index in [1.165, 1.54) is 12.4 Å². The molecular weight excluding hydrogens is 292 g/mol. The number of carbonyl (C=O) groups excluding carboxylic acids is 1. The molecule has 1 saturated carbocycles. The molecule has 1 aromatic heterocycles. The van der Waals surface area contributed by atoms with E-state index < -0.39 is 30.6 Å². The first-order chi connectivity index (χ1) is 10.5. The average molecular weight is 305 g/mol. The summed E-state index contributed by atoms with van der Waals surface area (Å²) < 4.78 is 30.9. The molecule has 1 fully saturated rings. The Morgan fingerprint density at radius 2 is 1.77 bits per heavy atom. The third kappa shape index (κ3) is 3.36. The molecule has 1 heterocycles. The van der Waals surface area contributed by atoms with Crippen molar-refractivity contribution >= 4 is 11.9 Å². The quantitative estimate of drug-likeness (QED) is 0.941. The molecule has 1 amide bonds. The molecule has 22 heavy (non-hydrogen) atoms. The van der Waals surface area contributed by atoms with E-state index in [1.807, 2.05) is 18.2 Å². The van der Waals surface area contributed by atoms with Crippen molar-refractivity contribution in [2.24, 2.45) is 5.92 Å². The van der Waals surface area contributed by atoms with Gasteiger partial charge in [-0.1, -0.05) is 18.2 Å². The monoisotopic (exact) mass is 305 g/mol. The minimum absolute atomic E-state index is 0.0700. The SMILES string of the molecule is O=C(Nc1ncc(Oc2ccccc2)cn1)C1CC(F)(F)C1. The lowest BCUT2D eigenvalue weighted by atomic mass is 9.81. The van der Waals surface area contributed by atoms with Crippen LogP contribution in [-0.4, -0.2) is 21.8 Å². The molecule has 3 rings (SSSR count). The van der Waals surface area contributed by atoms with Crippen molar-refractivity contribution in [3.63, 3.8) is 0 Å². The van der Waals surface area contributed by atoms with Gasteiger partial charge in [0.05, 0.1) is 12.4 Å². The van der Waals surface area contributed by atoms with E-state index in [0.717, 1.165) is 0 Å². The van der Waals surface area contributed by atoms with Gasteiger partial charge in [0.2, 0.25) is 17.8 Å². The molecule has 5 nitrogen and oxygen atoms in total. The molecule has 0 atom stereocenters. The van der Waals surface area contributed by atoms with Crippen LogP contribution in [0.3, 0.4) is 0 Å². The number of nitrogens with one attached hydrogen (secondary N) is 1. The number of halogens is 2. The highest BCUT2D eigenvalue weighted by molar-refractivity contribution is 5.91. The molecule has 0 radical (unpaired) electrons. The van der Waals surface area contributed by atoms with Crippen LogP contribution in [0.25, 0.3) is 0 Å². The second kappa shape index (κ2) is 5.67. The summed E-state index contributed by atoms with van der Waals surface area (Å²) in [6, 6.07) is 9.10. The van der Waals surface area contributed by atoms with Crippen LogP contribution >= 0.6 is 0 Å². The lowest BCUT2D eigenvalue weighted by molar-refractivity contribution is -0.145. The zero-order valence-electron chi connectivity index (χ0n) is 11.5. The van der Waals surface area contributed by atoms with Crippen molar-refractivity contribution in [3.05, 3.63) is 42.7 Å². The van der Waals surface area contributed by atoms with Crippen LogP contribution in [0.15, 0.2) is 42.7 Å². The number of para-hydroxylation sites is 1. The number of aromatic nitrogens is 2. The Kier molecular flexibility index (Phi) is 3.70.